The lowest BCUT2D eigenvalue weighted by Crippen LogP contribution is -2.38. The van der Waals surface area contributed by atoms with Crippen molar-refractivity contribution in [2.75, 3.05) is 24.5 Å². The molecule has 0 amide bonds. The fourth-order valence-electron chi connectivity index (χ4n) is 2.89. The van der Waals surface area contributed by atoms with Gasteiger partial charge in [0.05, 0.1) is 5.69 Å². The first-order chi connectivity index (χ1) is 10.2. The van der Waals surface area contributed by atoms with Crippen molar-refractivity contribution >= 4 is 16.5 Å². The maximum absolute atomic E-state index is 4.97. The predicted octanol–water partition coefficient (Wildman–Crippen LogP) is 4.08. The molecule has 0 bridgehead atoms. The van der Waals surface area contributed by atoms with Gasteiger partial charge in [0.1, 0.15) is 0 Å². The summed E-state index contributed by atoms with van der Waals surface area (Å²) in [6.07, 6.45) is 4.78. The highest BCUT2D eigenvalue weighted by atomic mass is 32.1. The average molecular weight is 310 g/mol. The molecular formula is C17H31N3S. The highest BCUT2D eigenvalue weighted by molar-refractivity contribution is 7.15. The first-order valence-electron chi connectivity index (χ1n) is 8.59. The van der Waals surface area contributed by atoms with Crippen LogP contribution in [0, 0.1) is 11.8 Å². The molecule has 1 saturated heterocycles. The van der Waals surface area contributed by atoms with Crippen LogP contribution < -0.4 is 10.2 Å². The van der Waals surface area contributed by atoms with E-state index in [4.69, 9.17) is 4.98 Å². The number of thiazole rings is 1. The number of rotatable bonds is 7. The molecule has 1 N–H and O–H groups in total. The van der Waals surface area contributed by atoms with Crippen LogP contribution in [0.2, 0.25) is 0 Å². The summed E-state index contributed by atoms with van der Waals surface area (Å²) in [6, 6.07) is 0. The fraction of sp³-hybridized carbons (Fsp3) is 0.824. The minimum absolute atomic E-state index is 0.777. The summed E-state index contributed by atoms with van der Waals surface area (Å²) in [4.78, 5) is 8.93. The molecule has 1 fully saturated rings. The first-order valence-corrected chi connectivity index (χ1v) is 9.41. The van der Waals surface area contributed by atoms with Crippen LogP contribution in [0.3, 0.4) is 0 Å². The molecule has 3 nitrogen and oxygen atoms in total. The van der Waals surface area contributed by atoms with Crippen LogP contribution in [0.25, 0.3) is 0 Å². The molecule has 1 aromatic heterocycles. The van der Waals surface area contributed by atoms with Crippen LogP contribution in [0.5, 0.6) is 0 Å². The number of aromatic nitrogens is 1. The van der Waals surface area contributed by atoms with Crippen LogP contribution >= 0.6 is 11.3 Å². The highest BCUT2D eigenvalue weighted by Crippen LogP contribution is 2.32. The lowest BCUT2D eigenvalue weighted by molar-refractivity contribution is 0.323. The molecular weight excluding hydrogens is 278 g/mol. The van der Waals surface area contributed by atoms with Crippen molar-refractivity contribution in [2.24, 2.45) is 11.8 Å². The lowest BCUT2D eigenvalue weighted by atomic mass is 9.89. The third-order valence-corrected chi connectivity index (χ3v) is 5.73. The number of nitrogens with one attached hydrogen (secondary N) is 1. The molecule has 0 spiro atoms. The minimum atomic E-state index is 0.777. The number of hydrogen-bond acceptors (Lipinski definition) is 4. The first kappa shape index (κ1) is 16.8. The van der Waals surface area contributed by atoms with Crippen molar-refractivity contribution in [3.63, 3.8) is 0 Å². The van der Waals surface area contributed by atoms with E-state index in [1.807, 2.05) is 11.3 Å². The molecule has 2 rings (SSSR count). The maximum Gasteiger partial charge on any atom is 0.185 e. The summed E-state index contributed by atoms with van der Waals surface area (Å²) in [5.41, 5.74) is 1.33. The number of aryl methyl sites for hydroxylation is 1. The zero-order valence-electron chi connectivity index (χ0n) is 14.1. The fourth-order valence-corrected chi connectivity index (χ4v) is 4.00. The van der Waals surface area contributed by atoms with E-state index in [0.29, 0.717) is 0 Å². The molecule has 2 unspecified atom stereocenters. The number of nitrogens with zero attached hydrogens (tertiary/aromatic N) is 2. The van der Waals surface area contributed by atoms with Gasteiger partial charge < -0.3 is 10.2 Å². The largest absolute Gasteiger partial charge is 0.348 e. The molecule has 4 heteroatoms. The number of piperidine rings is 1. The minimum Gasteiger partial charge on any atom is -0.348 e. The summed E-state index contributed by atoms with van der Waals surface area (Å²) in [6.45, 7) is 13.6. The van der Waals surface area contributed by atoms with E-state index in [-0.39, 0.29) is 0 Å². The van der Waals surface area contributed by atoms with Gasteiger partial charge in [-0.25, -0.2) is 4.98 Å². The second-order valence-corrected chi connectivity index (χ2v) is 7.54. The zero-order valence-corrected chi connectivity index (χ0v) is 14.9. The van der Waals surface area contributed by atoms with Crippen molar-refractivity contribution < 1.29 is 0 Å². The van der Waals surface area contributed by atoms with Crippen LogP contribution in [0.1, 0.15) is 57.5 Å². The molecule has 0 aromatic carbocycles. The third-order valence-electron chi connectivity index (χ3n) is 4.57. The Bertz CT molecular complexity index is 430. The Morgan fingerprint density at radius 1 is 1.24 bits per heavy atom. The summed E-state index contributed by atoms with van der Waals surface area (Å²) in [7, 11) is 0. The Balaban J connectivity index is 2.07. The molecule has 1 aromatic rings. The number of anilines is 1. The van der Waals surface area contributed by atoms with Gasteiger partial charge in [-0.3, -0.25) is 0 Å². The Kier molecular flexibility index (Phi) is 6.49. The van der Waals surface area contributed by atoms with Crippen molar-refractivity contribution in [2.45, 2.75) is 59.9 Å². The van der Waals surface area contributed by atoms with Crippen molar-refractivity contribution in [1.29, 1.82) is 0 Å². The topological polar surface area (TPSA) is 28.2 Å². The SMILES string of the molecule is CCCNCc1sc(N2CCC(C)C(C)C2)nc1CCC. The summed E-state index contributed by atoms with van der Waals surface area (Å²) >= 11 is 1.91. The average Bonchev–Trinajstić information content (AvgIpc) is 2.86. The monoisotopic (exact) mass is 309 g/mol. The molecule has 0 saturated carbocycles. The lowest BCUT2D eigenvalue weighted by Gasteiger charge is -2.35. The molecule has 0 radical (unpaired) electrons. The van der Waals surface area contributed by atoms with Gasteiger partial charge in [-0.05, 0) is 37.6 Å². The van der Waals surface area contributed by atoms with Crippen molar-refractivity contribution in [3.8, 4) is 0 Å². The molecule has 1 aliphatic heterocycles. The van der Waals surface area contributed by atoms with Crippen LogP contribution in [-0.4, -0.2) is 24.6 Å². The summed E-state index contributed by atoms with van der Waals surface area (Å²) in [5, 5.41) is 4.79. The van der Waals surface area contributed by atoms with Gasteiger partial charge >= 0.3 is 0 Å². The molecule has 21 heavy (non-hydrogen) atoms. The molecule has 1 aliphatic rings. The summed E-state index contributed by atoms with van der Waals surface area (Å²) in [5.74, 6) is 1.63. The molecule has 120 valence electrons. The van der Waals surface area contributed by atoms with Gasteiger partial charge in [0, 0.05) is 24.5 Å². The van der Waals surface area contributed by atoms with E-state index in [1.54, 1.807) is 0 Å². The van der Waals surface area contributed by atoms with Gasteiger partial charge in [-0.15, -0.1) is 11.3 Å². The highest BCUT2D eigenvalue weighted by Gasteiger charge is 2.25. The van der Waals surface area contributed by atoms with Gasteiger partial charge in [0.2, 0.25) is 0 Å². The normalized spacial score (nSPS) is 22.8. The quantitative estimate of drug-likeness (QED) is 0.769. The van der Waals surface area contributed by atoms with E-state index in [1.165, 1.54) is 48.1 Å². The maximum atomic E-state index is 4.97. The Hall–Kier alpha value is -0.610. The predicted molar refractivity (Wildman–Crippen MR) is 93.3 cm³/mol. The molecule has 2 heterocycles. The summed E-state index contributed by atoms with van der Waals surface area (Å²) < 4.78 is 0. The molecule has 0 aliphatic carbocycles. The van der Waals surface area contributed by atoms with Gasteiger partial charge in [0.15, 0.2) is 5.13 Å². The van der Waals surface area contributed by atoms with Crippen LogP contribution in [0.15, 0.2) is 0 Å². The van der Waals surface area contributed by atoms with Gasteiger partial charge in [-0.1, -0.05) is 34.1 Å². The Labute approximate surface area is 134 Å². The smallest absolute Gasteiger partial charge is 0.185 e. The molecule has 2 atom stereocenters. The van der Waals surface area contributed by atoms with E-state index < -0.39 is 0 Å². The van der Waals surface area contributed by atoms with Crippen LogP contribution in [0.4, 0.5) is 5.13 Å². The van der Waals surface area contributed by atoms with E-state index in [0.717, 1.165) is 31.3 Å². The standard InChI is InChI=1S/C17H31N3S/c1-5-7-15-16(11-18-9-6-2)21-17(19-15)20-10-8-13(3)14(4)12-20/h13-14,18H,5-12H2,1-4H3. The van der Waals surface area contributed by atoms with Crippen molar-refractivity contribution in [1.82, 2.24) is 10.3 Å². The van der Waals surface area contributed by atoms with Crippen LogP contribution in [-0.2, 0) is 13.0 Å². The van der Waals surface area contributed by atoms with Gasteiger partial charge in [0.25, 0.3) is 0 Å². The van der Waals surface area contributed by atoms with E-state index in [9.17, 15) is 0 Å². The third kappa shape index (κ3) is 4.43. The zero-order chi connectivity index (χ0) is 15.2. The van der Waals surface area contributed by atoms with E-state index in [2.05, 4.69) is 37.9 Å². The Morgan fingerprint density at radius 3 is 2.71 bits per heavy atom. The van der Waals surface area contributed by atoms with Gasteiger partial charge in [-0.2, -0.15) is 0 Å². The van der Waals surface area contributed by atoms with E-state index >= 15 is 0 Å². The second-order valence-electron chi connectivity index (χ2n) is 6.48. The second kappa shape index (κ2) is 8.14. The van der Waals surface area contributed by atoms with Crippen molar-refractivity contribution in [3.05, 3.63) is 10.6 Å². The number of hydrogen-bond donors (Lipinski definition) is 1. The Morgan fingerprint density at radius 2 is 2.05 bits per heavy atom.